The summed E-state index contributed by atoms with van der Waals surface area (Å²) < 4.78 is 0.950. The average molecular weight is 278 g/mol. The van der Waals surface area contributed by atoms with E-state index < -0.39 is 0 Å². The monoisotopic (exact) mass is 277 g/mol. The Labute approximate surface area is 103 Å². The molecule has 2 rings (SSSR count). The van der Waals surface area contributed by atoms with Crippen LogP contribution in [0.5, 0.6) is 0 Å². The molecule has 16 heavy (non-hydrogen) atoms. The van der Waals surface area contributed by atoms with Crippen LogP contribution in [0.4, 0.5) is 0 Å². The predicted octanol–water partition coefficient (Wildman–Crippen LogP) is 2.60. The molecule has 0 aliphatic carbocycles. The third kappa shape index (κ3) is 2.46. The Hall–Kier alpha value is -1.26. The number of nitrogens with two attached hydrogens (primary N) is 1. The van der Waals surface area contributed by atoms with E-state index in [1.807, 2.05) is 31.2 Å². The lowest BCUT2D eigenvalue weighted by Gasteiger charge is -2.11. The number of hydrogen-bond acceptors (Lipinski definition) is 3. The zero-order chi connectivity index (χ0) is 11.5. The van der Waals surface area contributed by atoms with Gasteiger partial charge in [0.25, 0.3) is 0 Å². The highest BCUT2D eigenvalue weighted by atomic mass is 79.9. The van der Waals surface area contributed by atoms with Crippen LogP contribution in [-0.4, -0.2) is 9.97 Å². The van der Waals surface area contributed by atoms with E-state index in [2.05, 4.69) is 25.9 Å². The zero-order valence-corrected chi connectivity index (χ0v) is 10.5. The summed E-state index contributed by atoms with van der Waals surface area (Å²) in [5.74, 6) is 0. The Morgan fingerprint density at radius 2 is 1.94 bits per heavy atom. The fourth-order valence-electron chi connectivity index (χ4n) is 1.41. The van der Waals surface area contributed by atoms with E-state index in [1.54, 1.807) is 12.4 Å². The fraction of sp³-hybridized carbons (Fsp3) is 0.167. The lowest BCUT2D eigenvalue weighted by Crippen LogP contribution is -2.13. The van der Waals surface area contributed by atoms with Gasteiger partial charge in [0, 0.05) is 22.6 Å². The van der Waals surface area contributed by atoms with E-state index in [1.165, 1.54) is 0 Å². The number of halogens is 1. The molecule has 0 radical (unpaired) electrons. The first kappa shape index (κ1) is 11.2. The maximum atomic E-state index is 6.10. The van der Waals surface area contributed by atoms with Crippen molar-refractivity contribution in [1.29, 1.82) is 0 Å². The summed E-state index contributed by atoms with van der Waals surface area (Å²) in [4.78, 5) is 8.50. The Bertz CT molecular complexity index is 419. The van der Waals surface area contributed by atoms with Crippen LogP contribution in [-0.2, 0) is 0 Å². The molecule has 1 atom stereocenters. The molecule has 0 bridgehead atoms. The SMILES string of the molecule is Cc1ccc(C(N)c2ccc(Br)cn2)cn1. The normalized spacial score (nSPS) is 12.4. The Kier molecular flexibility index (Phi) is 3.31. The molecule has 0 amide bonds. The summed E-state index contributed by atoms with van der Waals surface area (Å²) in [5.41, 5.74) is 8.90. The van der Waals surface area contributed by atoms with Crippen LogP contribution >= 0.6 is 15.9 Å². The van der Waals surface area contributed by atoms with Gasteiger partial charge in [-0.25, -0.2) is 0 Å². The molecule has 2 N–H and O–H groups in total. The maximum Gasteiger partial charge on any atom is 0.0741 e. The molecular weight excluding hydrogens is 266 g/mol. The van der Waals surface area contributed by atoms with E-state index in [-0.39, 0.29) is 6.04 Å². The van der Waals surface area contributed by atoms with Gasteiger partial charge in [0.15, 0.2) is 0 Å². The van der Waals surface area contributed by atoms with E-state index in [0.29, 0.717) is 0 Å². The van der Waals surface area contributed by atoms with Crippen LogP contribution in [0.2, 0.25) is 0 Å². The number of rotatable bonds is 2. The molecule has 1 unspecified atom stereocenters. The minimum atomic E-state index is -0.221. The Morgan fingerprint density at radius 1 is 1.12 bits per heavy atom. The molecule has 0 fully saturated rings. The maximum absolute atomic E-state index is 6.10. The molecule has 0 saturated carbocycles. The first-order valence-corrected chi connectivity index (χ1v) is 5.75. The van der Waals surface area contributed by atoms with Gasteiger partial charge in [-0.3, -0.25) is 9.97 Å². The third-order valence-electron chi connectivity index (χ3n) is 2.36. The molecule has 2 aromatic rings. The lowest BCUT2D eigenvalue weighted by molar-refractivity contribution is 0.820. The van der Waals surface area contributed by atoms with Crippen LogP contribution in [0, 0.1) is 6.92 Å². The minimum Gasteiger partial charge on any atom is -0.319 e. The second-order valence-electron chi connectivity index (χ2n) is 3.61. The van der Waals surface area contributed by atoms with Gasteiger partial charge in [0.05, 0.1) is 11.7 Å². The summed E-state index contributed by atoms with van der Waals surface area (Å²) in [5, 5.41) is 0. The average Bonchev–Trinajstić information content (AvgIpc) is 2.30. The summed E-state index contributed by atoms with van der Waals surface area (Å²) in [6.45, 7) is 1.95. The Morgan fingerprint density at radius 3 is 2.50 bits per heavy atom. The fourth-order valence-corrected chi connectivity index (χ4v) is 1.64. The highest BCUT2D eigenvalue weighted by Gasteiger charge is 2.09. The molecule has 0 aromatic carbocycles. The van der Waals surface area contributed by atoms with E-state index in [4.69, 9.17) is 5.73 Å². The van der Waals surface area contributed by atoms with Crippen LogP contribution in [0.1, 0.15) is 23.0 Å². The molecule has 2 aromatic heterocycles. The smallest absolute Gasteiger partial charge is 0.0741 e. The highest BCUT2D eigenvalue weighted by Crippen LogP contribution is 2.18. The van der Waals surface area contributed by atoms with Crippen LogP contribution in [0.15, 0.2) is 41.1 Å². The van der Waals surface area contributed by atoms with Crippen molar-refractivity contribution in [2.75, 3.05) is 0 Å². The van der Waals surface area contributed by atoms with Crippen molar-refractivity contribution in [3.05, 3.63) is 58.1 Å². The van der Waals surface area contributed by atoms with E-state index in [9.17, 15) is 0 Å². The van der Waals surface area contributed by atoms with E-state index >= 15 is 0 Å². The van der Waals surface area contributed by atoms with Crippen LogP contribution in [0.3, 0.4) is 0 Å². The quantitative estimate of drug-likeness (QED) is 0.918. The van der Waals surface area contributed by atoms with Gasteiger partial charge in [-0.1, -0.05) is 6.07 Å². The number of aromatic nitrogens is 2. The molecule has 82 valence electrons. The molecule has 3 nitrogen and oxygen atoms in total. The first-order chi connectivity index (χ1) is 7.66. The van der Waals surface area contributed by atoms with Crippen molar-refractivity contribution in [2.24, 2.45) is 5.73 Å². The Balaban J connectivity index is 2.28. The van der Waals surface area contributed by atoms with Gasteiger partial charge in [0.2, 0.25) is 0 Å². The van der Waals surface area contributed by atoms with Crippen molar-refractivity contribution in [3.8, 4) is 0 Å². The number of hydrogen-bond donors (Lipinski definition) is 1. The largest absolute Gasteiger partial charge is 0.319 e. The van der Waals surface area contributed by atoms with Crippen LogP contribution < -0.4 is 5.73 Å². The number of aryl methyl sites for hydroxylation is 1. The number of pyridine rings is 2. The molecule has 0 saturated heterocycles. The van der Waals surface area contributed by atoms with Gasteiger partial charge in [-0.15, -0.1) is 0 Å². The third-order valence-corrected chi connectivity index (χ3v) is 2.83. The zero-order valence-electron chi connectivity index (χ0n) is 8.89. The van der Waals surface area contributed by atoms with Gasteiger partial charge >= 0.3 is 0 Å². The molecule has 0 spiro atoms. The summed E-state index contributed by atoms with van der Waals surface area (Å²) in [6, 6.07) is 7.56. The predicted molar refractivity (Wildman–Crippen MR) is 66.9 cm³/mol. The molecule has 0 aliphatic heterocycles. The van der Waals surface area contributed by atoms with Crippen LogP contribution in [0.25, 0.3) is 0 Å². The van der Waals surface area contributed by atoms with E-state index in [0.717, 1.165) is 21.4 Å². The molecular formula is C12H12BrN3. The number of nitrogens with zero attached hydrogens (tertiary/aromatic N) is 2. The van der Waals surface area contributed by atoms with Crippen molar-refractivity contribution < 1.29 is 0 Å². The second kappa shape index (κ2) is 4.72. The first-order valence-electron chi connectivity index (χ1n) is 4.96. The topological polar surface area (TPSA) is 51.8 Å². The summed E-state index contributed by atoms with van der Waals surface area (Å²) in [7, 11) is 0. The van der Waals surface area contributed by atoms with Crippen molar-refractivity contribution in [3.63, 3.8) is 0 Å². The molecule has 2 heterocycles. The van der Waals surface area contributed by atoms with Gasteiger partial charge in [-0.05, 0) is 46.6 Å². The van der Waals surface area contributed by atoms with Crippen molar-refractivity contribution in [1.82, 2.24) is 9.97 Å². The second-order valence-corrected chi connectivity index (χ2v) is 4.53. The summed E-state index contributed by atoms with van der Waals surface area (Å²) in [6.07, 6.45) is 3.54. The van der Waals surface area contributed by atoms with Gasteiger partial charge in [-0.2, -0.15) is 0 Å². The molecule has 0 aliphatic rings. The van der Waals surface area contributed by atoms with Crippen molar-refractivity contribution >= 4 is 15.9 Å². The van der Waals surface area contributed by atoms with Crippen molar-refractivity contribution in [2.45, 2.75) is 13.0 Å². The summed E-state index contributed by atoms with van der Waals surface area (Å²) >= 11 is 3.34. The van der Waals surface area contributed by atoms with Gasteiger partial charge in [0.1, 0.15) is 0 Å². The lowest BCUT2D eigenvalue weighted by atomic mass is 10.1. The minimum absolute atomic E-state index is 0.221. The molecule has 4 heteroatoms. The highest BCUT2D eigenvalue weighted by molar-refractivity contribution is 9.10. The van der Waals surface area contributed by atoms with Gasteiger partial charge < -0.3 is 5.73 Å². The standard InChI is InChI=1S/C12H12BrN3/c1-8-2-3-9(6-15-8)12(14)11-5-4-10(13)7-16-11/h2-7,12H,14H2,1H3.